The molecule has 1 rings (SSSR count). The second-order valence-corrected chi connectivity index (χ2v) is 5.87. The van der Waals surface area contributed by atoms with Gasteiger partial charge in [-0.25, -0.2) is 0 Å². The molecule has 21 heavy (non-hydrogen) atoms. The molecule has 0 aliphatic rings. The summed E-state index contributed by atoms with van der Waals surface area (Å²) in [6, 6.07) is 5.75. The average molecular weight is 293 g/mol. The van der Waals surface area contributed by atoms with E-state index in [2.05, 4.69) is 26.1 Å². The Morgan fingerprint density at radius 1 is 1.19 bits per heavy atom. The van der Waals surface area contributed by atoms with Crippen LogP contribution in [0.4, 0.5) is 0 Å². The molecule has 118 valence electrons. The van der Waals surface area contributed by atoms with Gasteiger partial charge in [0, 0.05) is 12.0 Å². The van der Waals surface area contributed by atoms with Gasteiger partial charge in [0.05, 0.1) is 14.2 Å². The summed E-state index contributed by atoms with van der Waals surface area (Å²) in [6.07, 6.45) is 3.20. The Hall–Kier alpha value is -1.71. The van der Waals surface area contributed by atoms with E-state index in [0.29, 0.717) is 24.3 Å². The number of nitrogens with one attached hydrogen (secondary N) is 1. The summed E-state index contributed by atoms with van der Waals surface area (Å²) in [7, 11) is 3.22. The predicted octanol–water partition coefficient (Wildman–Crippen LogP) is 3.33. The van der Waals surface area contributed by atoms with Crippen molar-refractivity contribution < 1.29 is 14.3 Å². The van der Waals surface area contributed by atoms with Crippen molar-refractivity contribution >= 4 is 5.91 Å². The van der Waals surface area contributed by atoms with Gasteiger partial charge in [0.15, 0.2) is 11.5 Å². The van der Waals surface area contributed by atoms with E-state index in [1.165, 1.54) is 0 Å². The largest absolute Gasteiger partial charge is 0.493 e. The zero-order chi connectivity index (χ0) is 15.9. The normalized spacial score (nSPS) is 11.1. The van der Waals surface area contributed by atoms with Gasteiger partial charge in [0.25, 0.3) is 0 Å². The molecule has 0 spiro atoms. The van der Waals surface area contributed by atoms with Crippen molar-refractivity contribution in [3.8, 4) is 11.5 Å². The lowest BCUT2D eigenvalue weighted by atomic mass is 9.98. The first-order valence-electron chi connectivity index (χ1n) is 7.43. The van der Waals surface area contributed by atoms with Crippen molar-refractivity contribution in [2.75, 3.05) is 14.2 Å². The van der Waals surface area contributed by atoms with Crippen LogP contribution in [0.2, 0.25) is 0 Å². The minimum Gasteiger partial charge on any atom is -0.493 e. The van der Waals surface area contributed by atoms with E-state index in [1.54, 1.807) is 14.2 Å². The third-order valence-corrected chi connectivity index (χ3v) is 3.44. The summed E-state index contributed by atoms with van der Waals surface area (Å²) in [5, 5.41) is 3.08. The molecular formula is C17H27NO3. The van der Waals surface area contributed by atoms with Crippen LogP contribution in [-0.4, -0.2) is 25.7 Å². The summed E-state index contributed by atoms with van der Waals surface area (Å²) < 4.78 is 10.5. The molecule has 0 fully saturated rings. The maximum absolute atomic E-state index is 12.0. The van der Waals surface area contributed by atoms with E-state index in [9.17, 15) is 4.79 Å². The molecular weight excluding hydrogens is 266 g/mol. The fourth-order valence-corrected chi connectivity index (χ4v) is 2.42. The van der Waals surface area contributed by atoms with Crippen LogP contribution in [0.1, 0.15) is 45.6 Å². The van der Waals surface area contributed by atoms with Crippen LogP contribution in [0.25, 0.3) is 0 Å². The van der Waals surface area contributed by atoms with Gasteiger partial charge in [-0.05, 0) is 44.4 Å². The van der Waals surface area contributed by atoms with Gasteiger partial charge >= 0.3 is 0 Å². The lowest BCUT2D eigenvalue weighted by molar-refractivity contribution is -0.122. The maximum Gasteiger partial charge on any atom is 0.220 e. The van der Waals surface area contributed by atoms with Crippen LogP contribution < -0.4 is 14.8 Å². The highest BCUT2D eigenvalue weighted by atomic mass is 16.5. The second kappa shape index (κ2) is 7.91. The van der Waals surface area contributed by atoms with Crippen molar-refractivity contribution in [2.45, 2.75) is 52.0 Å². The number of methoxy groups -OCH3 is 2. The SMILES string of the molecule is CCCC(C)(C)NC(=O)CCc1ccc(OC)c(OC)c1. The molecule has 0 saturated heterocycles. The van der Waals surface area contributed by atoms with E-state index in [1.807, 2.05) is 18.2 Å². The Kier molecular flexibility index (Phi) is 6.53. The predicted molar refractivity (Wildman–Crippen MR) is 85.0 cm³/mol. The summed E-state index contributed by atoms with van der Waals surface area (Å²) in [5.41, 5.74) is 0.930. The number of hydrogen-bond acceptors (Lipinski definition) is 3. The third-order valence-electron chi connectivity index (χ3n) is 3.44. The maximum atomic E-state index is 12.0. The van der Waals surface area contributed by atoms with Crippen molar-refractivity contribution in [3.05, 3.63) is 23.8 Å². The minimum absolute atomic E-state index is 0.0863. The first kappa shape index (κ1) is 17.3. The molecule has 0 heterocycles. The molecule has 0 radical (unpaired) electrons. The van der Waals surface area contributed by atoms with Crippen molar-refractivity contribution in [1.29, 1.82) is 0 Å². The zero-order valence-corrected chi connectivity index (χ0v) is 13.8. The van der Waals surface area contributed by atoms with Gasteiger partial charge < -0.3 is 14.8 Å². The molecule has 0 saturated carbocycles. The molecule has 4 nitrogen and oxygen atoms in total. The third kappa shape index (κ3) is 5.66. The van der Waals surface area contributed by atoms with Crippen LogP contribution in [0.3, 0.4) is 0 Å². The lowest BCUT2D eigenvalue weighted by Crippen LogP contribution is -2.43. The van der Waals surface area contributed by atoms with Crippen LogP contribution in [-0.2, 0) is 11.2 Å². The molecule has 1 amide bonds. The number of benzene rings is 1. The van der Waals surface area contributed by atoms with Crippen LogP contribution in [0.5, 0.6) is 11.5 Å². The van der Waals surface area contributed by atoms with E-state index in [4.69, 9.17) is 9.47 Å². The van der Waals surface area contributed by atoms with Crippen LogP contribution >= 0.6 is 0 Å². The molecule has 0 bridgehead atoms. The first-order chi connectivity index (χ1) is 9.91. The lowest BCUT2D eigenvalue weighted by Gasteiger charge is -2.25. The molecule has 0 atom stereocenters. The van der Waals surface area contributed by atoms with Crippen LogP contribution in [0, 0.1) is 0 Å². The highest BCUT2D eigenvalue weighted by molar-refractivity contribution is 5.77. The van der Waals surface area contributed by atoms with Crippen LogP contribution in [0.15, 0.2) is 18.2 Å². The Bertz CT molecular complexity index is 469. The molecule has 0 aliphatic carbocycles. The fourth-order valence-electron chi connectivity index (χ4n) is 2.42. The number of carbonyl (C=O) groups excluding carboxylic acids is 1. The van der Waals surface area contributed by atoms with E-state index < -0.39 is 0 Å². The van der Waals surface area contributed by atoms with Gasteiger partial charge in [-0.15, -0.1) is 0 Å². The van der Waals surface area contributed by atoms with Gasteiger partial charge in [0.1, 0.15) is 0 Å². The number of hydrogen-bond donors (Lipinski definition) is 1. The number of ether oxygens (including phenoxy) is 2. The zero-order valence-electron chi connectivity index (χ0n) is 13.8. The highest BCUT2D eigenvalue weighted by Gasteiger charge is 2.18. The molecule has 1 N–H and O–H groups in total. The smallest absolute Gasteiger partial charge is 0.220 e. The second-order valence-electron chi connectivity index (χ2n) is 5.87. The van der Waals surface area contributed by atoms with Gasteiger partial charge in [0.2, 0.25) is 5.91 Å². The Morgan fingerprint density at radius 2 is 1.86 bits per heavy atom. The first-order valence-corrected chi connectivity index (χ1v) is 7.43. The number of carbonyl (C=O) groups is 1. The number of aryl methyl sites for hydroxylation is 1. The monoisotopic (exact) mass is 293 g/mol. The summed E-state index contributed by atoms with van der Waals surface area (Å²) in [4.78, 5) is 12.0. The van der Waals surface area contributed by atoms with Gasteiger partial charge in [-0.2, -0.15) is 0 Å². The molecule has 0 aromatic heterocycles. The summed E-state index contributed by atoms with van der Waals surface area (Å²) in [6.45, 7) is 6.24. The fraction of sp³-hybridized carbons (Fsp3) is 0.588. The Balaban J connectivity index is 2.57. The van der Waals surface area contributed by atoms with Crippen molar-refractivity contribution in [1.82, 2.24) is 5.32 Å². The quantitative estimate of drug-likeness (QED) is 0.799. The molecule has 4 heteroatoms. The Labute approximate surface area is 127 Å². The minimum atomic E-state index is -0.135. The van der Waals surface area contributed by atoms with Crippen molar-refractivity contribution in [2.24, 2.45) is 0 Å². The van der Waals surface area contributed by atoms with E-state index in [0.717, 1.165) is 18.4 Å². The topological polar surface area (TPSA) is 47.6 Å². The Morgan fingerprint density at radius 3 is 2.43 bits per heavy atom. The molecule has 1 aromatic carbocycles. The summed E-state index contributed by atoms with van der Waals surface area (Å²) >= 11 is 0. The standard InChI is InChI=1S/C17H27NO3/c1-6-11-17(2,3)18-16(19)10-8-13-7-9-14(20-4)15(12-13)21-5/h7,9,12H,6,8,10-11H2,1-5H3,(H,18,19). The van der Waals surface area contributed by atoms with Gasteiger partial charge in [-0.3, -0.25) is 4.79 Å². The average Bonchev–Trinajstić information content (AvgIpc) is 2.44. The summed E-state index contributed by atoms with van der Waals surface area (Å²) in [5.74, 6) is 1.49. The molecule has 0 aliphatic heterocycles. The van der Waals surface area contributed by atoms with E-state index in [-0.39, 0.29) is 11.4 Å². The van der Waals surface area contributed by atoms with E-state index >= 15 is 0 Å². The number of rotatable bonds is 8. The number of amides is 1. The molecule has 0 unspecified atom stereocenters. The molecule has 1 aromatic rings. The van der Waals surface area contributed by atoms with Gasteiger partial charge in [-0.1, -0.05) is 19.4 Å². The highest BCUT2D eigenvalue weighted by Crippen LogP contribution is 2.28. The van der Waals surface area contributed by atoms with Crippen molar-refractivity contribution in [3.63, 3.8) is 0 Å².